The average molecular weight is 433 g/mol. The highest BCUT2D eigenvalue weighted by atomic mass is 79.9. The quantitative estimate of drug-likeness (QED) is 0.600. The van der Waals surface area contributed by atoms with Gasteiger partial charge in [-0.05, 0) is 47.1 Å². The number of aromatic nitrogens is 2. The van der Waals surface area contributed by atoms with Gasteiger partial charge in [-0.25, -0.2) is 9.78 Å². The number of hydrogen-bond donors (Lipinski definition) is 1. The van der Waals surface area contributed by atoms with E-state index in [0.29, 0.717) is 44.9 Å². The summed E-state index contributed by atoms with van der Waals surface area (Å²) in [5, 5.41) is 0.514. The molecule has 1 aromatic heterocycles. The molecule has 0 bridgehead atoms. The van der Waals surface area contributed by atoms with E-state index in [1.54, 1.807) is 30.3 Å². The monoisotopic (exact) mass is 432 g/mol. The number of hydrogen-bond acceptors (Lipinski definition) is 6. The van der Waals surface area contributed by atoms with Crippen molar-refractivity contribution in [3.63, 3.8) is 0 Å². The van der Waals surface area contributed by atoms with Gasteiger partial charge in [-0.15, -0.1) is 0 Å². The minimum absolute atomic E-state index is 0.230. The number of esters is 1. The molecular weight excluding hydrogens is 416 g/mol. The molecule has 1 N–H and O–H groups in total. The first-order chi connectivity index (χ1) is 13.0. The zero-order valence-corrected chi connectivity index (χ0v) is 16.3. The van der Waals surface area contributed by atoms with Gasteiger partial charge in [0.25, 0.3) is 5.56 Å². The third-order valence-corrected chi connectivity index (χ3v) is 4.43. The van der Waals surface area contributed by atoms with Crippen LogP contribution in [0.3, 0.4) is 0 Å². The van der Waals surface area contributed by atoms with E-state index < -0.39 is 5.97 Å². The number of rotatable bonds is 6. The van der Waals surface area contributed by atoms with Crippen molar-refractivity contribution in [2.24, 2.45) is 0 Å². The lowest BCUT2D eigenvalue weighted by molar-refractivity contribution is -0.142. The molecule has 0 spiro atoms. The number of carbonyl (C=O) groups is 1. The first-order valence-corrected chi connectivity index (χ1v) is 8.98. The van der Waals surface area contributed by atoms with Crippen LogP contribution in [0.25, 0.3) is 22.3 Å². The summed E-state index contributed by atoms with van der Waals surface area (Å²) in [6, 6.07) is 10.5. The van der Waals surface area contributed by atoms with Gasteiger partial charge in [0.15, 0.2) is 18.1 Å². The van der Waals surface area contributed by atoms with E-state index in [1.165, 1.54) is 7.11 Å². The van der Waals surface area contributed by atoms with Crippen LogP contribution in [0, 0.1) is 0 Å². The second-order valence-electron chi connectivity index (χ2n) is 5.51. The van der Waals surface area contributed by atoms with Gasteiger partial charge in [0, 0.05) is 10.0 Å². The van der Waals surface area contributed by atoms with E-state index in [0.717, 1.165) is 0 Å². The van der Waals surface area contributed by atoms with Crippen LogP contribution in [0.4, 0.5) is 0 Å². The van der Waals surface area contributed by atoms with Gasteiger partial charge in [0.05, 0.1) is 24.6 Å². The molecule has 0 atom stereocenters. The lowest BCUT2D eigenvalue weighted by atomic mass is 10.1. The minimum atomic E-state index is -0.502. The number of benzene rings is 2. The fourth-order valence-electron chi connectivity index (χ4n) is 2.51. The van der Waals surface area contributed by atoms with Crippen LogP contribution in [0.15, 0.2) is 45.7 Å². The molecule has 0 saturated heterocycles. The second kappa shape index (κ2) is 8.22. The predicted octanol–water partition coefficient (Wildman–Crippen LogP) is 3.30. The van der Waals surface area contributed by atoms with E-state index in [4.69, 9.17) is 9.47 Å². The van der Waals surface area contributed by atoms with Gasteiger partial charge in [-0.3, -0.25) is 4.79 Å². The van der Waals surface area contributed by atoms with Gasteiger partial charge in [0.2, 0.25) is 0 Å². The number of aromatic amines is 1. The van der Waals surface area contributed by atoms with E-state index in [2.05, 4.69) is 30.6 Å². The number of ether oxygens (including phenoxy) is 3. The number of H-pyrrole nitrogens is 1. The van der Waals surface area contributed by atoms with Crippen LogP contribution in [0.5, 0.6) is 11.5 Å². The Hall–Kier alpha value is -2.87. The number of para-hydroxylation sites is 1. The van der Waals surface area contributed by atoms with Gasteiger partial charge in [0.1, 0.15) is 5.82 Å². The first-order valence-electron chi connectivity index (χ1n) is 8.19. The van der Waals surface area contributed by atoms with E-state index >= 15 is 0 Å². The van der Waals surface area contributed by atoms with Crippen molar-refractivity contribution in [2.75, 3.05) is 20.3 Å². The summed E-state index contributed by atoms with van der Waals surface area (Å²) in [5.74, 6) is 0.695. The summed E-state index contributed by atoms with van der Waals surface area (Å²) < 4.78 is 16.3. The van der Waals surface area contributed by atoms with Gasteiger partial charge < -0.3 is 19.2 Å². The summed E-state index contributed by atoms with van der Waals surface area (Å²) in [6.07, 6.45) is 0. The highest BCUT2D eigenvalue weighted by Crippen LogP contribution is 2.37. The third kappa shape index (κ3) is 4.11. The molecule has 1 heterocycles. The van der Waals surface area contributed by atoms with E-state index in [1.807, 2.05) is 13.0 Å². The van der Waals surface area contributed by atoms with Crippen LogP contribution in [-0.4, -0.2) is 36.3 Å². The molecule has 140 valence electrons. The van der Waals surface area contributed by atoms with Crippen molar-refractivity contribution in [3.8, 4) is 22.9 Å². The SMILES string of the molecule is CCOc1cc(-c2nc3ccccc3c(=O)[nH]2)c(Br)cc1OCC(=O)OC. The van der Waals surface area contributed by atoms with Crippen LogP contribution < -0.4 is 15.0 Å². The van der Waals surface area contributed by atoms with Crippen LogP contribution in [0.1, 0.15) is 6.92 Å². The number of methoxy groups -OCH3 is 1. The topological polar surface area (TPSA) is 90.5 Å². The van der Waals surface area contributed by atoms with Crippen LogP contribution in [0.2, 0.25) is 0 Å². The molecule has 0 aliphatic carbocycles. The number of fused-ring (bicyclic) bond motifs is 1. The molecule has 0 radical (unpaired) electrons. The maximum atomic E-state index is 12.4. The average Bonchev–Trinajstić information content (AvgIpc) is 2.67. The first kappa shape index (κ1) is 18.9. The lowest BCUT2D eigenvalue weighted by Crippen LogP contribution is -2.13. The van der Waals surface area contributed by atoms with E-state index in [-0.39, 0.29) is 12.2 Å². The molecule has 0 saturated carbocycles. The van der Waals surface area contributed by atoms with Crippen molar-refractivity contribution in [1.82, 2.24) is 9.97 Å². The maximum absolute atomic E-state index is 12.4. The zero-order valence-electron chi connectivity index (χ0n) is 14.7. The molecule has 8 heteroatoms. The molecular formula is C19H17BrN2O5. The highest BCUT2D eigenvalue weighted by Gasteiger charge is 2.16. The highest BCUT2D eigenvalue weighted by molar-refractivity contribution is 9.10. The molecule has 27 heavy (non-hydrogen) atoms. The molecule has 0 fully saturated rings. The molecule has 0 unspecified atom stereocenters. The van der Waals surface area contributed by atoms with Crippen LogP contribution >= 0.6 is 15.9 Å². The summed E-state index contributed by atoms with van der Waals surface area (Å²) in [5.41, 5.74) is 0.991. The normalized spacial score (nSPS) is 10.6. The maximum Gasteiger partial charge on any atom is 0.343 e. The van der Waals surface area contributed by atoms with Gasteiger partial charge in [-0.1, -0.05) is 12.1 Å². The molecule has 3 rings (SSSR count). The Labute approximate surface area is 163 Å². The largest absolute Gasteiger partial charge is 0.490 e. The zero-order chi connectivity index (χ0) is 19.4. The van der Waals surface area contributed by atoms with Crippen molar-refractivity contribution < 1.29 is 19.0 Å². The lowest BCUT2D eigenvalue weighted by Gasteiger charge is -2.14. The summed E-state index contributed by atoms with van der Waals surface area (Å²) >= 11 is 3.47. The van der Waals surface area contributed by atoms with Crippen molar-refractivity contribution >= 4 is 32.8 Å². The van der Waals surface area contributed by atoms with Crippen molar-refractivity contribution in [2.45, 2.75) is 6.92 Å². The van der Waals surface area contributed by atoms with Crippen LogP contribution in [-0.2, 0) is 9.53 Å². The summed E-state index contributed by atoms with van der Waals surface area (Å²) in [4.78, 5) is 31.0. The van der Waals surface area contributed by atoms with E-state index in [9.17, 15) is 9.59 Å². The number of nitrogens with zero attached hydrogens (tertiary/aromatic N) is 1. The molecule has 0 amide bonds. The smallest absolute Gasteiger partial charge is 0.343 e. The summed E-state index contributed by atoms with van der Waals surface area (Å²) in [6.45, 7) is 1.99. The Kier molecular flexibility index (Phi) is 5.75. The molecule has 3 aromatic rings. The Morgan fingerprint density at radius 1 is 1.19 bits per heavy atom. The Morgan fingerprint density at radius 2 is 1.93 bits per heavy atom. The molecule has 0 aliphatic heterocycles. The Morgan fingerprint density at radius 3 is 2.67 bits per heavy atom. The number of carbonyl (C=O) groups excluding carboxylic acids is 1. The van der Waals surface area contributed by atoms with Crippen molar-refractivity contribution in [1.29, 1.82) is 0 Å². The van der Waals surface area contributed by atoms with Gasteiger partial charge >= 0.3 is 5.97 Å². The fraction of sp³-hybridized carbons (Fsp3) is 0.211. The molecule has 0 aliphatic rings. The Balaban J connectivity index is 2.07. The number of nitrogens with one attached hydrogen (secondary N) is 1. The number of halogens is 1. The second-order valence-corrected chi connectivity index (χ2v) is 6.36. The fourth-order valence-corrected chi connectivity index (χ4v) is 3.02. The third-order valence-electron chi connectivity index (χ3n) is 3.77. The minimum Gasteiger partial charge on any atom is -0.490 e. The standard InChI is InChI=1S/C19H17BrN2O5/c1-3-26-15-8-12(13(20)9-16(15)27-10-17(23)25-2)18-21-14-7-5-4-6-11(14)19(24)22-18/h4-9H,3,10H2,1-2H3,(H,21,22,24). The molecule has 7 nitrogen and oxygen atoms in total. The van der Waals surface area contributed by atoms with Gasteiger partial charge in [-0.2, -0.15) is 0 Å². The predicted molar refractivity (Wildman–Crippen MR) is 104 cm³/mol. The Bertz CT molecular complexity index is 1050. The van der Waals surface area contributed by atoms with Crippen molar-refractivity contribution in [3.05, 3.63) is 51.2 Å². The summed E-state index contributed by atoms with van der Waals surface area (Å²) in [7, 11) is 1.29. The molecule has 2 aromatic carbocycles.